The fourth-order valence-electron chi connectivity index (χ4n) is 7.09. The van der Waals surface area contributed by atoms with E-state index in [0.29, 0.717) is 22.9 Å². The molecule has 0 unspecified atom stereocenters. The number of ether oxygens (including phenoxy) is 2. The quantitative estimate of drug-likeness (QED) is 0.150. The molecule has 1 aliphatic rings. The summed E-state index contributed by atoms with van der Waals surface area (Å²) in [7, 11) is 0. The van der Waals surface area contributed by atoms with Crippen LogP contribution in [0.15, 0.2) is 133 Å². The molecule has 0 radical (unpaired) electrons. The molecule has 234 valence electrons. The van der Waals surface area contributed by atoms with Gasteiger partial charge in [0.1, 0.15) is 23.0 Å². The van der Waals surface area contributed by atoms with Crippen molar-refractivity contribution < 1.29 is 9.47 Å². The number of nitrogen functional groups attached to an aromatic ring is 2. The first-order valence-corrected chi connectivity index (χ1v) is 16.5. The molecule has 0 atom stereocenters. The Bertz CT molecular complexity index is 1880. The Balaban J connectivity index is 1.28. The van der Waals surface area contributed by atoms with Crippen LogP contribution in [0.3, 0.4) is 0 Å². The van der Waals surface area contributed by atoms with Gasteiger partial charge >= 0.3 is 0 Å². The van der Waals surface area contributed by atoms with Crippen molar-refractivity contribution in [3.63, 3.8) is 0 Å². The average Bonchev–Trinajstić information content (AvgIpc) is 3.39. The Labute approximate surface area is 277 Å². The molecule has 0 amide bonds. The molecule has 0 spiro atoms. The molecule has 1 aliphatic carbocycles. The van der Waals surface area contributed by atoms with Crippen LogP contribution in [0, 0.1) is 0 Å². The van der Waals surface area contributed by atoms with E-state index in [9.17, 15) is 0 Å². The first-order valence-electron chi connectivity index (χ1n) is 16.5. The minimum atomic E-state index is -0.536. The molecule has 4 nitrogen and oxygen atoms in total. The van der Waals surface area contributed by atoms with Crippen LogP contribution in [0.1, 0.15) is 60.1 Å². The van der Waals surface area contributed by atoms with Crippen LogP contribution in [-0.4, -0.2) is 0 Å². The van der Waals surface area contributed by atoms with E-state index in [-0.39, 0.29) is 0 Å². The SMILES string of the molecule is CCCc1ccc(Oc2ccc(C3(c4ccc(Oc5ccc(CCC)cc5N)cc4)c4ccccc4-c4ccccc43)cc2)c(N)c1. The number of nitrogens with two attached hydrogens (primary N) is 2. The zero-order valence-corrected chi connectivity index (χ0v) is 27.0. The van der Waals surface area contributed by atoms with Gasteiger partial charge in [-0.25, -0.2) is 0 Å². The summed E-state index contributed by atoms with van der Waals surface area (Å²) < 4.78 is 12.6. The first-order chi connectivity index (χ1) is 23.0. The average molecular weight is 617 g/mol. The summed E-state index contributed by atoms with van der Waals surface area (Å²) >= 11 is 0. The molecule has 0 fully saturated rings. The maximum atomic E-state index is 6.38. The van der Waals surface area contributed by atoms with Crippen LogP contribution < -0.4 is 20.9 Å². The standard InChI is InChI=1S/C43H40N2O2/c1-3-9-29-15-25-41(39(44)27-29)46-33-21-17-31(18-22-33)43(37-13-7-5-11-35(37)36-12-6-8-14-38(36)43)32-19-23-34(24-20-32)47-42-26-16-30(10-4-2)28-40(42)45/h5-8,11-28H,3-4,9-10,44-45H2,1-2H3. The van der Waals surface area contributed by atoms with Gasteiger partial charge in [-0.2, -0.15) is 0 Å². The molecule has 6 aromatic rings. The highest BCUT2D eigenvalue weighted by Crippen LogP contribution is 2.56. The van der Waals surface area contributed by atoms with Gasteiger partial charge in [0.25, 0.3) is 0 Å². The lowest BCUT2D eigenvalue weighted by molar-refractivity contribution is 0.484. The third-order valence-electron chi connectivity index (χ3n) is 9.21. The minimum Gasteiger partial charge on any atom is -0.455 e. The van der Waals surface area contributed by atoms with Gasteiger partial charge in [-0.15, -0.1) is 0 Å². The molecule has 0 aromatic heterocycles. The summed E-state index contributed by atoms with van der Waals surface area (Å²) in [5.41, 5.74) is 23.2. The van der Waals surface area contributed by atoms with Crippen LogP contribution in [-0.2, 0) is 18.3 Å². The van der Waals surface area contributed by atoms with Gasteiger partial charge in [-0.1, -0.05) is 112 Å². The van der Waals surface area contributed by atoms with E-state index in [1.807, 2.05) is 48.5 Å². The lowest BCUT2D eigenvalue weighted by Gasteiger charge is -2.34. The number of hydrogen-bond donors (Lipinski definition) is 2. The van der Waals surface area contributed by atoms with Gasteiger partial charge in [0, 0.05) is 0 Å². The van der Waals surface area contributed by atoms with Crippen molar-refractivity contribution in [3.8, 4) is 34.1 Å². The largest absolute Gasteiger partial charge is 0.455 e. The van der Waals surface area contributed by atoms with Crippen molar-refractivity contribution in [2.75, 3.05) is 11.5 Å². The Kier molecular flexibility index (Phi) is 8.17. The Morgan fingerprint density at radius 2 is 0.894 bits per heavy atom. The van der Waals surface area contributed by atoms with Crippen LogP contribution in [0.25, 0.3) is 11.1 Å². The van der Waals surface area contributed by atoms with E-state index >= 15 is 0 Å². The summed E-state index contributed by atoms with van der Waals surface area (Å²) in [6.45, 7) is 4.34. The van der Waals surface area contributed by atoms with Crippen molar-refractivity contribution in [2.45, 2.75) is 44.9 Å². The highest BCUT2D eigenvalue weighted by Gasteiger charge is 2.45. The molecule has 6 aromatic carbocycles. The van der Waals surface area contributed by atoms with E-state index in [2.05, 4.69) is 98.8 Å². The molecule has 0 saturated carbocycles. The summed E-state index contributed by atoms with van der Waals surface area (Å²) in [4.78, 5) is 0. The molecular weight excluding hydrogens is 576 g/mol. The number of fused-ring (bicyclic) bond motifs is 3. The van der Waals surface area contributed by atoms with E-state index in [1.165, 1.54) is 33.4 Å². The summed E-state index contributed by atoms with van der Waals surface area (Å²) in [6, 6.07) is 46.5. The first kappa shape index (κ1) is 30.2. The number of rotatable bonds is 10. The summed E-state index contributed by atoms with van der Waals surface area (Å²) in [5.74, 6) is 2.81. The predicted molar refractivity (Wildman–Crippen MR) is 194 cm³/mol. The lowest BCUT2D eigenvalue weighted by Crippen LogP contribution is -2.28. The smallest absolute Gasteiger partial charge is 0.150 e. The Morgan fingerprint density at radius 3 is 1.28 bits per heavy atom. The van der Waals surface area contributed by atoms with Gasteiger partial charge in [0.2, 0.25) is 0 Å². The number of hydrogen-bond acceptors (Lipinski definition) is 4. The van der Waals surface area contributed by atoms with Gasteiger partial charge in [0.15, 0.2) is 0 Å². The topological polar surface area (TPSA) is 70.5 Å². The van der Waals surface area contributed by atoms with Crippen LogP contribution in [0.5, 0.6) is 23.0 Å². The Morgan fingerprint density at radius 1 is 0.489 bits per heavy atom. The van der Waals surface area contributed by atoms with Crippen LogP contribution in [0.2, 0.25) is 0 Å². The van der Waals surface area contributed by atoms with Crippen LogP contribution >= 0.6 is 0 Å². The maximum Gasteiger partial charge on any atom is 0.150 e. The van der Waals surface area contributed by atoms with Gasteiger partial charge in [0.05, 0.1) is 16.8 Å². The zero-order chi connectivity index (χ0) is 32.4. The number of aryl methyl sites for hydroxylation is 2. The lowest BCUT2D eigenvalue weighted by atomic mass is 9.68. The minimum absolute atomic E-state index is 0.536. The molecule has 0 aliphatic heterocycles. The number of anilines is 2. The van der Waals surface area contributed by atoms with Gasteiger partial charge < -0.3 is 20.9 Å². The maximum absolute atomic E-state index is 6.38. The van der Waals surface area contributed by atoms with Crippen molar-refractivity contribution in [3.05, 3.63) is 167 Å². The molecule has 0 heterocycles. The zero-order valence-electron chi connectivity index (χ0n) is 27.0. The van der Waals surface area contributed by atoms with E-state index in [0.717, 1.165) is 48.3 Å². The molecule has 0 saturated heterocycles. The second kappa shape index (κ2) is 12.7. The van der Waals surface area contributed by atoms with Gasteiger partial charge in [-0.05, 0) is 106 Å². The van der Waals surface area contributed by atoms with Crippen molar-refractivity contribution >= 4 is 11.4 Å². The Hall–Kier alpha value is -5.48. The molecular formula is C43H40N2O2. The second-order valence-electron chi connectivity index (χ2n) is 12.3. The van der Waals surface area contributed by atoms with E-state index in [4.69, 9.17) is 20.9 Å². The van der Waals surface area contributed by atoms with Crippen molar-refractivity contribution in [2.24, 2.45) is 0 Å². The fraction of sp³-hybridized carbons (Fsp3) is 0.163. The van der Waals surface area contributed by atoms with E-state index in [1.54, 1.807) is 0 Å². The third-order valence-corrected chi connectivity index (χ3v) is 9.21. The summed E-state index contributed by atoms with van der Waals surface area (Å²) in [6.07, 6.45) is 4.15. The molecule has 4 N–H and O–H groups in total. The monoisotopic (exact) mass is 616 g/mol. The summed E-state index contributed by atoms with van der Waals surface area (Å²) in [5, 5.41) is 0. The molecule has 47 heavy (non-hydrogen) atoms. The second-order valence-corrected chi connectivity index (χ2v) is 12.3. The normalized spacial score (nSPS) is 12.7. The highest BCUT2D eigenvalue weighted by molar-refractivity contribution is 5.86. The highest BCUT2D eigenvalue weighted by atomic mass is 16.5. The molecule has 0 bridgehead atoms. The van der Waals surface area contributed by atoms with Crippen LogP contribution in [0.4, 0.5) is 11.4 Å². The van der Waals surface area contributed by atoms with E-state index < -0.39 is 5.41 Å². The molecule has 4 heteroatoms. The van der Waals surface area contributed by atoms with Gasteiger partial charge in [-0.3, -0.25) is 0 Å². The fourth-order valence-corrected chi connectivity index (χ4v) is 7.09. The predicted octanol–water partition coefficient (Wildman–Crippen LogP) is 10.7. The van der Waals surface area contributed by atoms with Crippen molar-refractivity contribution in [1.29, 1.82) is 0 Å². The van der Waals surface area contributed by atoms with Crippen molar-refractivity contribution in [1.82, 2.24) is 0 Å². The third kappa shape index (κ3) is 5.50. The number of benzene rings is 6. The molecule has 7 rings (SSSR count).